The lowest BCUT2D eigenvalue weighted by molar-refractivity contribution is 0.357. The monoisotopic (exact) mass is 319 g/mol. The molecule has 0 aromatic heterocycles. The Morgan fingerprint density at radius 1 is 0.917 bits per heavy atom. The summed E-state index contributed by atoms with van der Waals surface area (Å²) in [6.45, 7) is 10.9. The molecule has 0 N–H and O–H groups in total. The summed E-state index contributed by atoms with van der Waals surface area (Å²) in [7, 11) is 1.79. The molecule has 2 heterocycles. The SMILES string of the molecule is COc1c(C)ccc2c1CN1CCc3cc(C)c(C)cc3C1=C2C. The maximum Gasteiger partial charge on any atom is 0.127 e. The molecular weight excluding hydrogens is 294 g/mol. The van der Waals surface area contributed by atoms with Crippen molar-refractivity contribution >= 4 is 11.3 Å². The van der Waals surface area contributed by atoms with E-state index in [1.54, 1.807) is 7.11 Å². The van der Waals surface area contributed by atoms with E-state index in [2.05, 4.69) is 56.9 Å². The molecule has 0 saturated carbocycles. The number of allylic oxidation sites excluding steroid dienone is 1. The molecule has 24 heavy (non-hydrogen) atoms. The molecule has 0 aliphatic carbocycles. The van der Waals surface area contributed by atoms with E-state index in [1.807, 2.05) is 0 Å². The van der Waals surface area contributed by atoms with Crippen LogP contribution in [0.15, 0.2) is 24.3 Å². The van der Waals surface area contributed by atoms with Crippen LogP contribution in [0.1, 0.15) is 45.9 Å². The third-order valence-electron chi connectivity index (χ3n) is 5.71. The normalized spacial score (nSPS) is 15.8. The molecule has 4 rings (SSSR count). The van der Waals surface area contributed by atoms with E-state index in [-0.39, 0.29) is 0 Å². The lowest BCUT2D eigenvalue weighted by Gasteiger charge is -2.39. The summed E-state index contributed by atoms with van der Waals surface area (Å²) in [6, 6.07) is 9.21. The molecule has 124 valence electrons. The highest BCUT2D eigenvalue weighted by atomic mass is 16.5. The van der Waals surface area contributed by atoms with Crippen molar-refractivity contribution in [3.05, 3.63) is 63.2 Å². The first kappa shape index (κ1) is 15.3. The number of nitrogens with zero attached hydrogens (tertiary/aromatic N) is 1. The summed E-state index contributed by atoms with van der Waals surface area (Å²) < 4.78 is 5.73. The molecule has 2 aliphatic heterocycles. The van der Waals surface area contributed by atoms with E-state index >= 15 is 0 Å². The molecular formula is C22H25NO. The van der Waals surface area contributed by atoms with Crippen LogP contribution in [0.4, 0.5) is 0 Å². The van der Waals surface area contributed by atoms with Gasteiger partial charge in [0.2, 0.25) is 0 Å². The average Bonchev–Trinajstić information content (AvgIpc) is 2.56. The van der Waals surface area contributed by atoms with Crippen LogP contribution in [0, 0.1) is 20.8 Å². The van der Waals surface area contributed by atoms with Crippen LogP contribution in [-0.2, 0) is 13.0 Å². The maximum absolute atomic E-state index is 5.73. The lowest BCUT2D eigenvalue weighted by Crippen LogP contribution is -2.33. The molecule has 0 radical (unpaired) electrons. The molecule has 0 spiro atoms. The zero-order valence-electron chi connectivity index (χ0n) is 15.3. The van der Waals surface area contributed by atoms with E-state index in [0.29, 0.717) is 0 Å². The van der Waals surface area contributed by atoms with Crippen molar-refractivity contribution in [2.75, 3.05) is 13.7 Å². The van der Waals surface area contributed by atoms with Gasteiger partial charge in [-0.2, -0.15) is 0 Å². The molecule has 0 saturated heterocycles. The van der Waals surface area contributed by atoms with Crippen LogP contribution in [0.25, 0.3) is 11.3 Å². The van der Waals surface area contributed by atoms with Crippen molar-refractivity contribution in [2.24, 2.45) is 0 Å². The van der Waals surface area contributed by atoms with Crippen LogP contribution in [0.5, 0.6) is 5.75 Å². The molecule has 0 atom stereocenters. The van der Waals surface area contributed by atoms with Crippen molar-refractivity contribution in [3.63, 3.8) is 0 Å². The molecule has 2 aliphatic rings. The molecule has 2 heteroatoms. The lowest BCUT2D eigenvalue weighted by atomic mass is 9.84. The van der Waals surface area contributed by atoms with Crippen LogP contribution < -0.4 is 4.74 Å². The second kappa shape index (κ2) is 5.41. The predicted molar refractivity (Wildman–Crippen MR) is 100 cm³/mol. The smallest absolute Gasteiger partial charge is 0.127 e. The number of aryl methyl sites for hydroxylation is 3. The summed E-state index contributed by atoms with van der Waals surface area (Å²) >= 11 is 0. The Bertz CT molecular complexity index is 876. The Morgan fingerprint density at radius 2 is 1.67 bits per heavy atom. The molecule has 0 bridgehead atoms. The van der Waals surface area contributed by atoms with E-state index in [0.717, 1.165) is 25.3 Å². The minimum atomic E-state index is 0.944. The molecule has 0 unspecified atom stereocenters. The quantitative estimate of drug-likeness (QED) is 0.743. The molecule has 2 aromatic rings. The Balaban J connectivity index is 1.97. The fourth-order valence-electron chi connectivity index (χ4n) is 4.29. The number of benzene rings is 2. The number of rotatable bonds is 1. The van der Waals surface area contributed by atoms with Gasteiger partial charge in [0.15, 0.2) is 0 Å². The zero-order chi connectivity index (χ0) is 17.0. The fraction of sp³-hybridized carbons (Fsp3) is 0.364. The van der Waals surface area contributed by atoms with Crippen LogP contribution in [-0.4, -0.2) is 18.6 Å². The number of hydrogen-bond acceptors (Lipinski definition) is 2. The van der Waals surface area contributed by atoms with Gasteiger partial charge in [0, 0.05) is 29.9 Å². The topological polar surface area (TPSA) is 12.5 Å². The van der Waals surface area contributed by atoms with Crippen molar-refractivity contribution < 1.29 is 4.74 Å². The van der Waals surface area contributed by atoms with E-state index in [1.165, 1.54) is 50.2 Å². The fourth-order valence-corrected chi connectivity index (χ4v) is 4.29. The predicted octanol–water partition coefficient (Wildman–Crippen LogP) is 4.88. The third-order valence-corrected chi connectivity index (χ3v) is 5.71. The average molecular weight is 319 g/mol. The standard InChI is InChI=1S/C22H25NO/c1-13-6-7-18-16(4)21-19-11-15(3)14(2)10-17(19)8-9-23(21)12-20(18)22(13)24-5/h6-7,10-11H,8-9,12H2,1-5H3. The largest absolute Gasteiger partial charge is 0.496 e. The molecule has 0 amide bonds. The van der Waals surface area contributed by atoms with Gasteiger partial charge in [-0.05, 0) is 73.6 Å². The van der Waals surface area contributed by atoms with Gasteiger partial charge in [-0.1, -0.05) is 18.2 Å². The highest BCUT2D eigenvalue weighted by Gasteiger charge is 2.30. The van der Waals surface area contributed by atoms with Gasteiger partial charge in [0.1, 0.15) is 5.75 Å². The van der Waals surface area contributed by atoms with Gasteiger partial charge in [0.25, 0.3) is 0 Å². The van der Waals surface area contributed by atoms with Crippen LogP contribution in [0.3, 0.4) is 0 Å². The van der Waals surface area contributed by atoms with Crippen molar-refractivity contribution in [1.82, 2.24) is 4.90 Å². The van der Waals surface area contributed by atoms with Gasteiger partial charge in [-0.3, -0.25) is 0 Å². The summed E-state index contributed by atoms with van der Waals surface area (Å²) in [5, 5.41) is 0. The number of fused-ring (bicyclic) bond motifs is 4. The van der Waals surface area contributed by atoms with Crippen molar-refractivity contribution in [3.8, 4) is 5.75 Å². The first-order valence-corrected chi connectivity index (χ1v) is 8.74. The minimum absolute atomic E-state index is 0.944. The summed E-state index contributed by atoms with van der Waals surface area (Å²) in [5.41, 5.74) is 12.4. The molecule has 2 nitrogen and oxygen atoms in total. The Kier molecular flexibility index (Phi) is 3.45. The third kappa shape index (κ3) is 2.09. The van der Waals surface area contributed by atoms with Crippen molar-refractivity contribution in [1.29, 1.82) is 0 Å². The second-order valence-corrected chi connectivity index (χ2v) is 7.18. The van der Waals surface area contributed by atoms with E-state index in [4.69, 9.17) is 4.74 Å². The molecule has 0 fully saturated rings. The summed E-state index contributed by atoms with van der Waals surface area (Å²) in [4.78, 5) is 2.54. The van der Waals surface area contributed by atoms with Gasteiger partial charge < -0.3 is 9.64 Å². The first-order valence-electron chi connectivity index (χ1n) is 8.74. The van der Waals surface area contributed by atoms with Crippen LogP contribution >= 0.6 is 0 Å². The number of methoxy groups -OCH3 is 1. The maximum atomic E-state index is 5.73. The van der Waals surface area contributed by atoms with Gasteiger partial charge >= 0.3 is 0 Å². The van der Waals surface area contributed by atoms with Gasteiger partial charge in [-0.15, -0.1) is 0 Å². The Hall–Kier alpha value is -2.22. The van der Waals surface area contributed by atoms with E-state index in [9.17, 15) is 0 Å². The Labute approximate surface area is 144 Å². The second-order valence-electron chi connectivity index (χ2n) is 7.18. The highest BCUT2D eigenvalue weighted by Crippen LogP contribution is 2.44. The number of ether oxygens (including phenoxy) is 1. The first-order chi connectivity index (χ1) is 11.5. The minimum Gasteiger partial charge on any atom is -0.496 e. The van der Waals surface area contributed by atoms with Gasteiger partial charge in [-0.25, -0.2) is 0 Å². The Morgan fingerprint density at radius 3 is 2.42 bits per heavy atom. The summed E-state index contributed by atoms with van der Waals surface area (Å²) in [5.74, 6) is 1.05. The highest BCUT2D eigenvalue weighted by molar-refractivity contribution is 5.93. The van der Waals surface area contributed by atoms with E-state index < -0.39 is 0 Å². The summed E-state index contributed by atoms with van der Waals surface area (Å²) in [6.07, 6.45) is 1.12. The van der Waals surface area contributed by atoms with Gasteiger partial charge in [0.05, 0.1) is 7.11 Å². The zero-order valence-corrected chi connectivity index (χ0v) is 15.3. The molecule has 2 aromatic carbocycles. The number of hydrogen-bond donors (Lipinski definition) is 0. The van der Waals surface area contributed by atoms with Crippen LogP contribution in [0.2, 0.25) is 0 Å². The van der Waals surface area contributed by atoms with Crippen molar-refractivity contribution in [2.45, 2.75) is 40.7 Å².